The third kappa shape index (κ3) is 3.08. The fourth-order valence-corrected chi connectivity index (χ4v) is 1.46. The average molecular weight is 274 g/mol. The van der Waals surface area contributed by atoms with Crippen molar-refractivity contribution in [3.8, 4) is 11.5 Å². The van der Waals surface area contributed by atoms with Crippen molar-refractivity contribution in [2.45, 2.75) is 0 Å². The molecule has 1 heterocycles. The molecule has 0 saturated heterocycles. The van der Waals surface area contributed by atoms with Gasteiger partial charge < -0.3 is 9.47 Å². The highest BCUT2D eigenvalue weighted by atomic mass is 16.6. The number of pyridine rings is 1. The van der Waals surface area contributed by atoms with E-state index in [1.165, 1.54) is 43.6 Å². The third-order valence-corrected chi connectivity index (χ3v) is 2.41. The van der Waals surface area contributed by atoms with Gasteiger partial charge in [0, 0.05) is 24.4 Å². The number of carbonyl (C=O) groups is 1. The standard InChI is InChI=1S/C13H10N2O5/c1-19-13(16)12-8-11(6-7-14-12)20-10-4-2-9(3-5-10)15(17)18/h2-8H,1H3. The Bertz CT molecular complexity index is 639. The maximum atomic E-state index is 11.3. The Morgan fingerprint density at radius 3 is 2.50 bits per heavy atom. The van der Waals surface area contributed by atoms with Crippen LogP contribution in [-0.2, 0) is 4.74 Å². The fraction of sp³-hybridized carbons (Fsp3) is 0.0769. The number of nitrogens with zero attached hydrogens (tertiary/aromatic N) is 2. The van der Waals surface area contributed by atoms with Crippen molar-refractivity contribution in [2.24, 2.45) is 0 Å². The molecule has 7 nitrogen and oxygen atoms in total. The van der Waals surface area contributed by atoms with Gasteiger partial charge in [0.2, 0.25) is 0 Å². The van der Waals surface area contributed by atoms with E-state index in [4.69, 9.17) is 4.74 Å². The third-order valence-electron chi connectivity index (χ3n) is 2.41. The molecule has 0 aliphatic carbocycles. The molecule has 1 aromatic carbocycles. The number of rotatable bonds is 4. The number of carbonyl (C=O) groups excluding carboxylic acids is 1. The van der Waals surface area contributed by atoms with Crippen LogP contribution < -0.4 is 4.74 Å². The Morgan fingerprint density at radius 1 is 1.20 bits per heavy atom. The zero-order valence-electron chi connectivity index (χ0n) is 10.5. The van der Waals surface area contributed by atoms with E-state index in [1.54, 1.807) is 6.07 Å². The number of methoxy groups -OCH3 is 1. The molecule has 0 bridgehead atoms. The SMILES string of the molecule is COC(=O)c1cc(Oc2ccc([N+](=O)[O-])cc2)ccn1. The van der Waals surface area contributed by atoms with Crippen LogP contribution in [0.4, 0.5) is 5.69 Å². The molecular weight excluding hydrogens is 264 g/mol. The smallest absolute Gasteiger partial charge is 0.356 e. The first kappa shape index (κ1) is 13.5. The molecule has 7 heteroatoms. The van der Waals surface area contributed by atoms with Crippen LogP contribution in [0.2, 0.25) is 0 Å². The van der Waals surface area contributed by atoms with Gasteiger partial charge in [-0.25, -0.2) is 9.78 Å². The summed E-state index contributed by atoms with van der Waals surface area (Å²) in [4.78, 5) is 25.2. The summed E-state index contributed by atoms with van der Waals surface area (Å²) in [7, 11) is 1.26. The van der Waals surface area contributed by atoms with Gasteiger partial charge in [-0.05, 0) is 18.2 Å². The molecule has 1 aromatic heterocycles. The summed E-state index contributed by atoms with van der Waals surface area (Å²) in [5, 5.41) is 10.5. The van der Waals surface area contributed by atoms with Crippen LogP contribution in [0.25, 0.3) is 0 Å². The van der Waals surface area contributed by atoms with Crippen LogP contribution in [0, 0.1) is 10.1 Å². The highest BCUT2D eigenvalue weighted by Crippen LogP contribution is 2.23. The van der Waals surface area contributed by atoms with E-state index in [1.807, 2.05) is 0 Å². The molecule has 0 fully saturated rings. The van der Waals surface area contributed by atoms with Crippen LogP contribution in [0.1, 0.15) is 10.5 Å². The minimum absolute atomic E-state index is 0.0256. The Labute approximate surface area is 113 Å². The molecule has 0 spiro atoms. The number of non-ortho nitro benzene ring substituents is 1. The Morgan fingerprint density at radius 2 is 1.90 bits per heavy atom. The molecule has 0 N–H and O–H groups in total. The highest BCUT2D eigenvalue weighted by molar-refractivity contribution is 5.87. The first-order valence-corrected chi connectivity index (χ1v) is 5.57. The van der Waals surface area contributed by atoms with Crippen molar-refractivity contribution < 1.29 is 19.2 Å². The lowest BCUT2D eigenvalue weighted by atomic mass is 10.3. The van der Waals surface area contributed by atoms with Gasteiger partial charge in [-0.15, -0.1) is 0 Å². The maximum absolute atomic E-state index is 11.3. The van der Waals surface area contributed by atoms with Crippen LogP contribution in [0.15, 0.2) is 42.6 Å². The van der Waals surface area contributed by atoms with E-state index in [0.29, 0.717) is 11.5 Å². The zero-order chi connectivity index (χ0) is 14.5. The van der Waals surface area contributed by atoms with Gasteiger partial charge in [-0.3, -0.25) is 10.1 Å². The van der Waals surface area contributed by atoms with Crippen LogP contribution >= 0.6 is 0 Å². The van der Waals surface area contributed by atoms with E-state index < -0.39 is 10.9 Å². The molecule has 0 atom stereocenters. The molecule has 0 unspecified atom stereocenters. The summed E-state index contributed by atoms with van der Waals surface area (Å²) in [6.07, 6.45) is 1.41. The lowest BCUT2D eigenvalue weighted by Gasteiger charge is -2.06. The van der Waals surface area contributed by atoms with Gasteiger partial charge in [0.25, 0.3) is 5.69 Å². The molecule has 0 aliphatic heterocycles. The normalized spacial score (nSPS) is 9.85. The van der Waals surface area contributed by atoms with Crippen molar-refractivity contribution in [2.75, 3.05) is 7.11 Å². The predicted molar refractivity (Wildman–Crippen MR) is 68.7 cm³/mol. The van der Waals surface area contributed by atoms with E-state index in [9.17, 15) is 14.9 Å². The topological polar surface area (TPSA) is 91.6 Å². The summed E-state index contributed by atoms with van der Waals surface area (Å²) in [6.45, 7) is 0. The lowest BCUT2D eigenvalue weighted by Crippen LogP contribution is -2.03. The summed E-state index contributed by atoms with van der Waals surface area (Å²) in [6, 6.07) is 8.59. The predicted octanol–water partition coefficient (Wildman–Crippen LogP) is 2.57. The number of hydrogen-bond acceptors (Lipinski definition) is 6. The average Bonchev–Trinajstić information content (AvgIpc) is 2.47. The zero-order valence-corrected chi connectivity index (χ0v) is 10.5. The minimum Gasteiger partial charge on any atom is -0.464 e. The molecule has 2 aromatic rings. The van der Waals surface area contributed by atoms with Gasteiger partial charge in [-0.1, -0.05) is 0 Å². The maximum Gasteiger partial charge on any atom is 0.356 e. The Kier molecular flexibility index (Phi) is 3.90. The van der Waals surface area contributed by atoms with Crippen molar-refractivity contribution in [1.82, 2.24) is 4.98 Å². The Hall–Kier alpha value is -2.96. The number of aromatic nitrogens is 1. The highest BCUT2D eigenvalue weighted by Gasteiger charge is 2.09. The summed E-state index contributed by atoms with van der Waals surface area (Å²) in [5.41, 5.74) is 0.0919. The number of hydrogen-bond donors (Lipinski definition) is 0. The van der Waals surface area contributed by atoms with Crippen LogP contribution in [0.5, 0.6) is 11.5 Å². The summed E-state index contributed by atoms with van der Waals surface area (Å²) < 4.78 is 10.0. The first-order chi connectivity index (χ1) is 9.60. The number of nitro benzene ring substituents is 1. The largest absolute Gasteiger partial charge is 0.464 e. The summed E-state index contributed by atoms with van der Waals surface area (Å²) >= 11 is 0. The van der Waals surface area contributed by atoms with E-state index in [2.05, 4.69) is 9.72 Å². The van der Waals surface area contributed by atoms with E-state index >= 15 is 0 Å². The molecule has 2 rings (SSSR count). The number of nitro groups is 1. The molecule has 20 heavy (non-hydrogen) atoms. The van der Waals surface area contributed by atoms with Crippen molar-refractivity contribution >= 4 is 11.7 Å². The van der Waals surface area contributed by atoms with Crippen molar-refractivity contribution in [3.63, 3.8) is 0 Å². The van der Waals surface area contributed by atoms with Crippen LogP contribution in [-0.4, -0.2) is 23.0 Å². The molecule has 0 saturated carbocycles. The Balaban J connectivity index is 2.17. The van der Waals surface area contributed by atoms with Crippen molar-refractivity contribution in [3.05, 3.63) is 58.4 Å². The molecular formula is C13H10N2O5. The summed E-state index contributed by atoms with van der Waals surface area (Å²) in [5.74, 6) is 0.228. The number of esters is 1. The van der Waals surface area contributed by atoms with Gasteiger partial charge in [0.15, 0.2) is 5.69 Å². The molecule has 0 radical (unpaired) electrons. The second-order valence-corrected chi connectivity index (χ2v) is 3.72. The quantitative estimate of drug-likeness (QED) is 0.483. The second kappa shape index (κ2) is 5.79. The number of benzene rings is 1. The van der Waals surface area contributed by atoms with Crippen molar-refractivity contribution in [1.29, 1.82) is 0 Å². The lowest BCUT2D eigenvalue weighted by molar-refractivity contribution is -0.384. The van der Waals surface area contributed by atoms with Gasteiger partial charge in [-0.2, -0.15) is 0 Å². The second-order valence-electron chi connectivity index (χ2n) is 3.72. The monoisotopic (exact) mass is 274 g/mol. The molecule has 0 aliphatic rings. The minimum atomic E-state index is -0.570. The van der Waals surface area contributed by atoms with E-state index in [-0.39, 0.29) is 11.4 Å². The molecule has 0 amide bonds. The van der Waals surface area contributed by atoms with Gasteiger partial charge >= 0.3 is 5.97 Å². The molecule has 102 valence electrons. The fourth-order valence-electron chi connectivity index (χ4n) is 1.46. The van der Waals surface area contributed by atoms with Gasteiger partial charge in [0.1, 0.15) is 11.5 Å². The van der Waals surface area contributed by atoms with Gasteiger partial charge in [0.05, 0.1) is 12.0 Å². The van der Waals surface area contributed by atoms with Crippen LogP contribution in [0.3, 0.4) is 0 Å². The number of ether oxygens (including phenoxy) is 2. The first-order valence-electron chi connectivity index (χ1n) is 5.57. The van der Waals surface area contributed by atoms with E-state index in [0.717, 1.165) is 0 Å².